The molecule has 1 aromatic rings. The molecule has 4 N–H and O–H groups in total. The molecule has 104 valence electrons. The predicted octanol–water partition coefficient (Wildman–Crippen LogP) is 1.40. The average molecular weight is 283 g/mol. The van der Waals surface area contributed by atoms with Gasteiger partial charge in [0.2, 0.25) is 5.91 Å². The van der Waals surface area contributed by atoms with Gasteiger partial charge in [0.05, 0.1) is 0 Å². The Labute approximate surface area is 117 Å². The summed E-state index contributed by atoms with van der Waals surface area (Å²) in [4.78, 5) is 10.9. The van der Waals surface area contributed by atoms with E-state index in [0.717, 1.165) is 12.0 Å². The number of nitrogens with one attached hydrogen (secondary N) is 1. The summed E-state index contributed by atoms with van der Waals surface area (Å²) in [6.07, 6.45) is -0.233. The van der Waals surface area contributed by atoms with Crippen molar-refractivity contribution in [3.63, 3.8) is 0 Å². The molecule has 0 bridgehead atoms. The fraction of sp³-hybridized carbons (Fsp3) is 0.500. The van der Waals surface area contributed by atoms with Crippen molar-refractivity contribution in [2.75, 3.05) is 6.54 Å². The zero-order valence-electron chi connectivity index (χ0n) is 11.1. The second-order valence-corrected chi connectivity index (χ2v) is 6.20. The molecular formula is C14H19ClN2O2. The maximum absolute atomic E-state index is 10.9. The first-order chi connectivity index (χ1) is 8.81. The van der Waals surface area contributed by atoms with E-state index in [1.165, 1.54) is 5.56 Å². The van der Waals surface area contributed by atoms with E-state index in [9.17, 15) is 9.90 Å². The molecule has 0 saturated carbocycles. The highest BCUT2D eigenvalue weighted by atomic mass is 35.5. The van der Waals surface area contributed by atoms with Crippen molar-refractivity contribution in [2.45, 2.75) is 32.4 Å². The lowest BCUT2D eigenvalue weighted by Crippen LogP contribution is -2.41. The average Bonchev–Trinajstić information content (AvgIpc) is 2.56. The lowest BCUT2D eigenvalue weighted by atomic mass is 9.85. The van der Waals surface area contributed by atoms with Crippen molar-refractivity contribution in [2.24, 2.45) is 11.1 Å². The van der Waals surface area contributed by atoms with Crippen LogP contribution in [0.3, 0.4) is 0 Å². The molecular weight excluding hydrogens is 264 g/mol. The van der Waals surface area contributed by atoms with Crippen LogP contribution >= 0.6 is 11.6 Å². The minimum atomic E-state index is -1.17. The number of benzene rings is 1. The smallest absolute Gasteiger partial charge is 0.247 e. The van der Waals surface area contributed by atoms with Crippen molar-refractivity contribution in [1.82, 2.24) is 5.32 Å². The van der Waals surface area contributed by atoms with Crippen molar-refractivity contribution in [1.29, 1.82) is 0 Å². The zero-order valence-corrected chi connectivity index (χ0v) is 11.9. The molecule has 1 aliphatic rings. The van der Waals surface area contributed by atoms with Gasteiger partial charge in [-0.3, -0.25) is 4.79 Å². The van der Waals surface area contributed by atoms with Crippen LogP contribution in [-0.2, 0) is 11.2 Å². The molecule has 0 saturated heterocycles. The summed E-state index contributed by atoms with van der Waals surface area (Å²) in [6, 6.07) is 5.91. The summed E-state index contributed by atoms with van der Waals surface area (Å²) in [5, 5.41) is 13.4. The molecule has 0 aliphatic heterocycles. The van der Waals surface area contributed by atoms with Crippen LogP contribution in [0.25, 0.3) is 0 Å². The van der Waals surface area contributed by atoms with Crippen LogP contribution in [0.1, 0.15) is 31.0 Å². The second-order valence-electron chi connectivity index (χ2n) is 5.77. The fourth-order valence-corrected chi connectivity index (χ4v) is 2.91. The number of aliphatic hydroxyl groups excluding tert-OH is 1. The van der Waals surface area contributed by atoms with Gasteiger partial charge in [0, 0.05) is 17.6 Å². The Morgan fingerprint density at radius 2 is 2.32 bits per heavy atom. The van der Waals surface area contributed by atoms with Crippen LogP contribution in [0.5, 0.6) is 0 Å². The van der Waals surface area contributed by atoms with E-state index in [-0.39, 0.29) is 18.0 Å². The largest absolute Gasteiger partial charge is 0.382 e. The van der Waals surface area contributed by atoms with Crippen LogP contribution in [0.15, 0.2) is 18.2 Å². The number of hydrogen-bond donors (Lipinski definition) is 3. The Morgan fingerprint density at radius 3 is 2.95 bits per heavy atom. The van der Waals surface area contributed by atoms with E-state index in [2.05, 4.69) is 19.2 Å². The van der Waals surface area contributed by atoms with Crippen molar-refractivity contribution in [3.05, 3.63) is 34.3 Å². The Hall–Kier alpha value is -1.10. The number of hydrogen-bond acceptors (Lipinski definition) is 3. The molecule has 0 aromatic heterocycles. The summed E-state index contributed by atoms with van der Waals surface area (Å²) in [5.41, 5.74) is 7.45. The molecule has 0 spiro atoms. The van der Waals surface area contributed by atoms with Gasteiger partial charge in [0.15, 0.2) is 0 Å². The van der Waals surface area contributed by atoms with Gasteiger partial charge in [0.25, 0.3) is 0 Å². The number of amides is 1. The van der Waals surface area contributed by atoms with Gasteiger partial charge >= 0.3 is 0 Å². The van der Waals surface area contributed by atoms with Crippen LogP contribution in [0.2, 0.25) is 5.02 Å². The van der Waals surface area contributed by atoms with Gasteiger partial charge in [-0.2, -0.15) is 0 Å². The molecule has 19 heavy (non-hydrogen) atoms. The van der Waals surface area contributed by atoms with Crippen LogP contribution < -0.4 is 11.1 Å². The third-order valence-corrected chi connectivity index (χ3v) is 3.93. The van der Waals surface area contributed by atoms with E-state index in [4.69, 9.17) is 17.3 Å². The Morgan fingerprint density at radius 1 is 1.63 bits per heavy atom. The number of carbonyl (C=O) groups excluding carboxylic acids is 1. The van der Waals surface area contributed by atoms with Crippen molar-refractivity contribution in [3.8, 4) is 0 Å². The van der Waals surface area contributed by atoms with E-state index >= 15 is 0 Å². The van der Waals surface area contributed by atoms with E-state index < -0.39 is 12.0 Å². The molecule has 0 fully saturated rings. The first-order valence-corrected chi connectivity index (χ1v) is 6.68. The van der Waals surface area contributed by atoms with Crippen LogP contribution in [0, 0.1) is 5.41 Å². The lowest BCUT2D eigenvalue weighted by molar-refractivity contribution is -0.125. The van der Waals surface area contributed by atoms with Crippen LogP contribution in [0.4, 0.5) is 0 Å². The lowest BCUT2D eigenvalue weighted by Gasteiger charge is -2.29. The quantitative estimate of drug-likeness (QED) is 0.781. The number of primary amides is 1. The van der Waals surface area contributed by atoms with Gasteiger partial charge in [-0.05, 0) is 35.1 Å². The maximum atomic E-state index is 10.9. The SMILES string of the molecule is CC1(C)Cc2ccc(Cl)cc2C1NCC(O)C(N)=O. The van der Waals surface area contributed by atoms with E-state index in [1.54, 1.807) is 0 Å². The van der Waals surface area contributed by atoms with Gasteiger partial charge in [-0.1, -0.05) is 31.5 Å². The Bertz CT molecular complexity index is 502. The molecule has 1 amide bonds. The van der Waals surface area contributed by atoms with Crippen molar-refractivity contribution < 1.29 is 9.90 Å². The minimum absolute atomic E-state index is 0.00435. The number of nitrogens with two attached hydrogens (primary N) is 1. The Kier molecular flexibility index (Phi) is 3.85. The van der Waals surface area contributed by atoms with Gasteiger partial charge in [-0.15, -0.1) is 0 Å². The zero-order chi connectivity index (χ0) is 14.2. The topological polar surface area (TPSA) is 75.3 Å². The van der Waals surface area contributed by atoms with E-state index in [1.807, 2.05) is 18.2 Å². The molecule has 1 aliphatic carbocycles. The van der Waals surface area contributed by atoms with Crippen LogP contribution in [-0.4, -0.2) is 23.7 Å². The van der Waals surface area contributed by atoms with Gasteiger partial charge in [-0.25, -0.2) is 0 Å². The third-order valence-electron chi connectivity index (χ3n) is 3.69. The number of halogens is 1. The summed E-state index contributed by atoms with van der Waals surface area (Å²) < 4.78 is 0. The maximum Gasteiger partial charge on any atom is 0.247 e. The highest BCUT2D eigenvalue weighted by molar-refractivity contribution is 6.30. The summed E-state index contributed by atoms with van der Waals surface area (Å²) >= 11 is 6.04. The monoisotopic (exact) mass is 282 g/mol. The third kappa shape index (κ3) is 2.91. The fourth-order valence-electron chi connectivity index (χ4n) is 2.73. The molecule has 4 nitrogen and oxygen atoms in total. The minimum Gasteiger partial charge on any atom is -0.382 e. The number of fused-ring (bicyclic) bond motifs is 1. The number of rotatable bonds is 4. The van der Waals surface area contributed by atoms with Gasteiger partial charge < -0.3 is 16.2 Å². The molecule has 2 unspecified atom stereocenters. The molecule has 0 radical (unpaired) electrons. The summed E-state index contributed by atoms with van der Waals surface area (Å²) in [7, 11) is 0. The summed E-state index contributed by atoms with van der Waals surface area (Å²) in [5.74, 6) is -0.713. The van der Waals surface area contributed by atoms with Gasteiger partial charge in [0.1, 0.15) is 6.10 Å². The normalized spacial score (nSPS) is 22.0. The first-order valence-electron chi connectivity index (χ1n) is 6.30. The first kappa shape index (κ1) is 14.3. The summed E-state index contributed by atoms with van der Waals surface area (Å²) in [6.45, 7) is 4.44. The number of aliphatic hydroxyl groups is 1. The Balaban J connectivity index is 2.19. The van der Waals surface area contributed by atoms with Crippen molar-refractivity contribution >= 4 is 17.5 Å². The highest BCUT2D eigenvalue weighted by Crippen LogP contribution is 2.45. The standard InChI is InChI=1S/C14H19ClN2O2/c1-14(2)6-8-3-4-9(15)5-10(8)12(14)17-7-11(18)13(16)19/h3-5,11-12,17-18H,6-7H2,1-2H3,(H2,16,19). The molecule has 1 aromatic carbocycles. The molecule has 2 atom stereocenters. The highest BCUT2D eigenvalue weighted by Gasteiger charge is 2.39. The van der Waals surface area contributed by atoms with E-state index in [0.29, 0.717) is 5.02 Å². The molecule has 0 heterocycles. The predicted molar refractivity (Wildman–Crippen MR) is 74.9 cm³/mol. The number of carbonyl (C=O) groups is 1. The second kappa shape index (κ2) is 5.12. The molecule has 2 rings (SSSR count). The molecule has 5 heteroatoms.